The van der Waals surface area contributed by atoms with Crippen LogP contribution < -0.4 is 0 Å². The SMILES string of the molecule is C#Cc1c(-c2ccc(C(C)CCCC)s2)ccc(-c2ccc(C(C)CCCC)s2)c1C#C. The first kappa shape index (κ1) is 24.4. The van der Waals surface area contributed by atoms with Gasteiger partial charge in [0.15, 0.2) is 0 Å². The van der Waals surface area contributed by atoms with E-state index in [1.54, 1.807) is 0 Å². The van der Waals surface area contributed by atoms with Gasteiger partial charge in [0.25, 0.3) is 0 Å². The summed E-state index contributed by atoms with van der Waals surface area (Å²) in [5.74, 6) is 7.00. The highest BCUT2D eigenvalue weighted by Crippen LogP contribution is 2.41. The highest BCUT2D eigenvalue weighted by Gasteiger charge is 2.18. The van der Waals surface area contributed by atoms with E-state index >= 15 is 0 Å². The normalized spacial score (nSPS) is 12.8. The molecule has 0 nitrogen and oxygen atoms in total. The highest BCUT2D eigenvalue weighted by molar-refractivity contribution is 7.16. The molecule has 0 N–H and O–H groups in total. The fourth-order valence-corrected chi connectivity index (χ4v) is 6.39. The summed E-state index contributed by atoms with van der Waals surface area (Å²) in [7, 11) is 0. The molecule has 166 valence electrons. The molecule has 2 unspecified atom stereocenters. The Hall–Kier alpha value is -2.26. The summed E-state index contributed by atoms with van der Waals surface area (Å²) in [6, 6.07) is 13.3. The molecule has 32 heavy (non-hydrogen) atoms. The molecule has 0 saturated heterocycles. The van der Waals surface area contributed by atoms with Gasteiger partial charge in [0.2, 0.25) is 0 Å². The maximum atomic E-state index is 6.01. The lowest BCUT2D eigenvalue weighted by molar-refractivity contribution is 0.632. The third kappa shape index (κ3) is 5.38. The minimum atomic E-state index is 0.577. The van der Waals surface area contributed by atoms with E-state index in [0.29, 0.717) is 11.8 Å². The van der Waals surface area contributed by atoms with E-state index in [0.717, 1.165) is 22.3 Å². The average Bonchev–Trinajstić information content (AvgIpc) is 3.50. The quantitative estimate of drug-likeness (QED) is 0.265. The third-order valence-electron chi connectivity index (χ3n) is 6.23. The third-order valence-corrected chi connectivity index (χ3v) is 8.93. The molecular weight excluding hydrogens is 424 g/mol. The molecule has 2 aromatic heterocycles. The topological polar surface area (TPSA) is 0 Å². The number of hydrogen-bond donors (Lipinski definition) is 0. The molecule has 0 saturated carbocycles. The minimum absolute atomic E-state index is 0.577. The molecule has 0 amide bonds. The molecule has 0 aliphatic carbocycles. The van der Waals surface area contributed by atoms with Crippen LogP contribution in [0, 0.1) is 24.7 Å². The Labute approximate surface area is 203 Å². The molecule has 3 aromatic rings. The molecule has 0 radical (unpaired) electrons. The molecule has 3 rings (SSSR count). The molecule has 0 aliphatic heterocycles. The molecule has 0 aliphatic rings. The number of terminal acetylenes is 2. The summed E-state index contributed by atoms with van der Waals surface area (Å²) in [5.41, 5.74) is 3.84. The van der Waals surface area contributed by atoms with Crippen molar-refractivity contribution in [2.75, 3.05) is 0 Å². The summed E-state index contributed by atoms with van der Waals surface area (Å²) in [6.45, 7) is 9.13. The van der Waals surface area contributed by atoms with Crippen molar-refractivity contribution in [1.82, 2.24) is 0 Å². The van der Waals surface area contributed by atoms with E-state index in [2.05, 4.69) is 75.9 Å². The van der Waals surface area contributed by atoms with Crippen molar-refractivity contribution in [1.29, 1.82) is 0 Å². The van der Waals surface area contributed by atoms with E-state index < -0.39 is 0 Å². The molecule has 0 spiro atoms. The van der Waals surface area contributed by atoms with Crippen molar-refractivity contribution in [3.63, 3.8) is 0 Å². The lowest BCUT2D eigenvalue weighted by atomic mass is 9.95. The van der Waals surface area contributed by atoms with Gasteiger partial charge < -0.3 is 0 Å². The van der Waals surface area contributed by atoms with Crippen molar-refractivity contribution in [2.45, 2.75) is 78.1 Å². The van der Waals surface area contributed by atoms with Gasteiger partial charge in [0.05, 0.1) is 0 Å². The predicted molar refractivity (Wildman–Crippen MR) is 145 cm³/mol. The van der Waals surface area contributed by atoms with Gasteiger partial charge in [-0.1, -0.05) is 77.4 Å². The van der Waals surface area contributed by atoms with Crippen molar-refractivity contribution < 1.29 is 0 Å². The van der Waals surface area contributed by atoms with Gasteiger partial charge in [-0.2, -0.15) is 0 Å². The van der Waals surface area contributed by atoms with Gasteiger partial charge in [-0.25, -0.2) is 0 Å². The Kier molecular flexibility index (Phi) is 8.81. The van der Waals surface area contributed by atoms with Crippen LogP contribution in [0.3, 0.4) is 0 Å². The van der Waals surface area contributed by atoms with Crippen LogP contribution in [0.1, 0.15) is 98.9 Å². The van der Waals surface area contributed by atoms with Crippen LogP contribution in [-0.2, 0) is 0 Å². The minimum Gasteiger partial charge on any atom is -0.140 e. The molecule has 2 heteroatoms. The first-order valence-corrected chi connectivity index (χ1v) is 13.5. The number of unbranched alkanes of at least 4 members (excludes halogenated alkanes) is 2. The van der Waals surface area contributed by atoms with E-state index in [9.17, 15) is 0 Å². The number of benzene rings is 1. The Bertz CT molecular complexity index is 1020. The Morgan fingerprint density at radius 1 is 0.688 bits per heavy atom. The van der Waals surface area contributed by atoms with Crippen LogP contribution in [0.25, 0.3) is 20.9 Å². The van der Waals surface area contributed by atoms with E-state index in [1.165, 1.54) is 58.0 Å². The van der Waals surface area contributed by atoms with E-state index in [-0.39, 0.29) is 0 Å². The van der Waals surface area contributed by atoms with Gasteiger partial charge in [0.1, 0.15) is 0 Å². The molecule has 1 aromatic carbocycles. The maximum Gasteiger partial charge on any atom is 0.0492 e. The first-order chi connectivity index (χ1) is 15.5. The van der Waals surface area contributed by atoms with Crippen LogP contribution in [0.4, 0.5) is 0 Å². The highest BCUT2D eigenvalue weighted by atomic mass is 32.1. The fourth-order valence-electron chi connectivity index (χ4n) is 4.14. The summed E-state index contributed by atoms with van der Waals surface area (Å²) in [6.07, 6.45) is 19.5. The van der Waals surface area contributed by atoms with Gasteiger partial charge in [0, 0.05) is 41.8 Å². The van der Waals surface area contributed by atoms with Gasteiger partial charge >= 0.3 is 0 Å². The second kappa shape index (κ2) is 11.6. The van der Waals surface area contributed by atoms with Gasteiger partial charge in [-0.3, -0.25) is 0 Å². The molecule has 0 fully saturated rings. The van der Waals surface area contributed by atoms with Crippen molar-refractivity contribution >= 4 is 22.7 Å². The number of thiophene rings is 2. The second-order valence-corrected chi connectivity index (χ2v) is 10.9. The molecular formula is C30H34S2. The lowest BCUT2D eigenvalue weighted by Crippen LogP contribution is -1.92. The molecule has 0 bridgehead atoms. The monoisotopic (exact) mass is 458 g/mol. The van der Waals surface area contributed by atoms with Crippen LogP contribution in [0.5, 0.6) is 0 Å². The van der Waals surface area contributed by atoms with Crippen molar-refractivity contribution in [3.05, 3.63) is 57.3 Å². The lowest BCUT2D eigenvalue weighted by Gasteiger charge is -2.11. The Morgan fingerprint density at radius 3 is 1.44 bits per heavy atom. The van der Waals surface area contributed by atoms with Crippen molar-refractivity contribution in [2.24, 2.45) is 0 Å². The summed E-state index contributed by atoms with van der Waals surface area (Å²) >= 11 is 3.70. The Balaban J connectivity index is 1.96. The summed E-state index contributed by atoms with van der Waals surface area (Å²) < 4.78 is 0. The second-order valence-electron chi connectivity index (χ2n) is 8.69. The predicted octanol–water partition coefficient (Wildman–Crippen LogP) is 9.69. The van der Waals surface area contributed by atoms with Crippen LogP contribution >= 0.6 is 22.7 Å². The van der Waals surface area contributed by atoms with Crippen LogP contribution in [0.2, 0.25) is 0 Å². The van der Waals surface area contributed by atoms with Gasteiger partial charge in [-0.05, 0) is 48.9 Å². The molecule has 2 heterocycles. The first-order valence-electron chi connectivity index (χ1n) is 11.8. The van der Waals surface area contributed by atoms with Crippen molar-refractivity contribution in [3.8, 4) is 45.6 Å². The maximum absolute atomic E-state index is 6.01. The fraction of sp³-hybridized carbons (Fsp3) is 0.400. The van der Waals surface area contributed by atoms with E-state index in [1.807, 2.05) is 22.7 Å². The molecule has 2 atom stereocenters. The summed E-state index contributed by atoms with van der Waals surface area (Å²) in [5, 5.41) is 0. The summed E-state index contributed by atoms with van der Waals surface area (Å²) in [4.78, 5) is 5.26. The average molecular weight is 459 g/mol. The smallest absolute Gasteiger partial charge is 0.0492 e. The largest absolute Gasteiger partial charge is 0.140 e. The van der Waals surface area contributed by atoms with Crippen LogP contribution in [0.15, 0.2) is 36.4 Å². The van der Waals surface area contributed by atoms with E-state index in [4.69, 9.17) is 12.8 Å². The number of hydrogen-bond acceptors (Lipinski definition) is 2. The van der Waals surface area contributed by atoms with Crippen LogP contribution in [-0.4, -0.2) is 0 Å². The number of rotatable bonds is 10. The standard InChI is InChI=1S/C30H34S2/c1-7-11-13-21(5)27-17-19-29(31-27)25-15-16-26(24(10-4)23(25)9-3)30-20-18-28(32-30)22(6)14-12-8-2/h3-4,15-22H,7-8,11-14H2,1-2,5-6H3. The van der Waals surface area contributed by atoms with Gasteiger partial charge in [-0.15, -0.1) is 35.5 Å². The zero-order valence-corrected chi connectivity index (χ0v) is 21.5. The zero-order chi connectivity index (χ0) is 23.1. The Morgan fingerprint density at radius 2 is 1.09 bits per heavy atom. The zero-order valence-electron chi connectivity index (χ0n) is 19.8.